The van der Waals surface area contributed by atoms with E-state index in [4.69, 9.17) is 4.74 Å². The van der Waals surface area contributed by atoms with Crippen molar-refractivity contribution in [2.45, 2.75) is 26.8 Å². The minimum atomic E-state index is -0.249. The molecule has 3 N–H and O–H groups in total. The molecule has 3 rings (SSSR count). The van der Waals surface area contributed by atoms with Gasteiger partial charge in [-0.15, -0.1) is 12.4 Å². The highest BCUT2D eigenvalue weighted by atomic mass is 35.5. The minimum absolute atomic E-state index is 0. The van der Waals surface area contributed by atoms with Crippen LogP contribution in [0, 0.1) is 6.92 Å². The fourth-order valence-corrected chi connectivity index (χ4v) is 2.83. The number of carbonyl (C=O) groups excluding carboxylic acids is 1. The number of amides is 2. The van der Waals surface area contributed by atoms with Crippen molar-refractivity contribution >= 4 is 29.8 Å². The molecule has 0 unspecified atom stereocenters. The van der Waals surface area contributed by atoms with Crippen LogP contribution in [0.5, 0.6) is 5.75 Å². The predicted molar refractivity (Wildman–Crippen MR) is 104 cm³/mol. The van der Waals surface area contributed by atoms with Gasteiger partial charge in [-0.2, -0.15) is 0 Å². The summed E-state index contributed by atoms with van der Waals surface area (Å²) in [7, 11) is 0. The summed E-state index contributed by atoms with van der Waals surface area (Å²) in [5.74, 6) is 0.750. The van der Waals surface area contributed by atoms with Gasteiger partial charge in [0.2, 0.25) is 0 Å². The van der Waals surface area contributed by atoms with Crippen molar-refractivity contribution in [1.82, 2.24) is 5.32 Å². The van der Waals surface area contributed by atoms with Gasteiger partial charge in [0.05, 0.1) is 6.61 Å². The van der Waals surface area contributed by atoms with Crippen LogP contribution in [0.4, 0.5) is 16.2 Å². The van der Waals surface area contributed by atoms with E-state index in [1.54, 1.807) is 0 Å². The van der Waals surface area contributed by atoms with Gasteiger partial charge in [-0.05, 0) is 61.7 Å². The van der Waals surface area contributed by atoms with E-state index < -0.39 is 0 Å². The lowest BCUT2D eigenvalue weighted by atomic mass is 10.0. The first-order valence-electron chi connectivity index (χ1n) is 8.29. The molecule has 2 aromatic rings. The second-order valence-electron chi connectivity index (χ2n) is 5.90. The zero-order valence-electron chi connectivity index (χ0n) is 14.5. The molecule has 0 aromatic heterocycles. The number of hydrogen-bond donors (Lipinski definition) is 3. The predicted octanol–water partition coefficient (Wildman–Crippen LogP) is 4.11. The molecule has 0 spiro atoms. The van der Waals surface area contributed by atoms with Gasteiger partial charge in [0.1, 0.15) is 5.75 Å². The fraction of sp³-hybridized carbons (Fsp3) is 0.316. The van der Waals surface area contributed by atoms with Gasteiger partial charge in [0.25, 0.3) is 0 Å². The Morgan fingerprint density at radius 3 is 2.80 bits per heavy atom. The Kier molecular flexibility index (Phi) is 6.67. The first-order valence-corrected chi connectivity index (χ1v) is 8.29. The number of aryl methyl sites for hydroxylation is 1. The lowest BCUT2D eigenvalue weighted by molar-refractivity contribution is 0.262. The van der Waals surface area contributed by atoms with Gasteiger partial charge >= 0.3 is 6.03 Å². The molecule has 5 nitrogen and oxygen atoms in total. The van der Waals surface area contributed by atoms with E-state index >= 15 is 0 Å². The molecule has 0 radical (unpaired) electrons. The summed E-state index contributed by atoms with van der Waals surface area (Å²) in [4.78, 5) is 12.3. The second-order valence-corrected chi connectivity index (χ2v) is 5.90. The monoisotopic (exact) mass is 361 g/mol. The molecule has 0 saturated carbocycles. The van der Waals surface area contributed by atoms with Crippen LogP contribution < -0.4 is 20.7 Å². The maximum atomic E-state index is 12.3. The quantitative estimate of drug-likeness (QED) is 0.768. The summed E-state index contributed by atoms with van der Waals surface area (Å²) in [6.07, 6.45) is 0.988. The van der Waals surface area contributed by atoms with Gasteiger partial charge < -0.3 is 20.7 Å². The Hall–Kier alpha value is -2.24. The van der Waals surface area contributed by atoms with Crippen LogP contribution >= 0.6 is 12.4 Å². The molecule has 1 heterocycles. The van der Waals surface area contributed by atoms with Crippen LogP contribution in [0.3, 0.4) is 0 Å². The summed E-state index contributed by atoms with van der Waals surface area (Å²) < 4.78 is 5.49. The number of nitrogens with one attached hydrogen (secondary N) is 3. The average molecular weight is 362 g/mol. The third kappa shape index (κ3) is 4.87. The van der Waals surface area contributed by atoms with Gasteiger partial charge in [0.15, 0.2) is 0 Å². The summed E-state index contributed by atoms with van der Waals surface area (Å²) in [6, 6.07) is 11.5. The number of urea groups is 1. The van der Waals surface area contributed by atoms with E-state index in [1.165, 1.54) is 11.1 Å². The molecule has 2 amide bonds. The molecular weight excluding hydrogens is 338 g/mol. The molecule has 2 aromatic carbocycles. The topological polar surface area (TPSA) is 62.4 Å². The van der Waals surface area contributed by atoms with Gasteiger partial charge in [-0.1, -0.05) is 12.1 Å². The second kappa shape index (κ2) is 8.74. The summed E-state index contributed by atoms with van der Waals surface area (Å²) in [6.45, 7) is 6.36. The van der Waals surface area contributed by atoms with Crippen molar-refractivity contribution in [2.24, 2.45) is 0 Å². The van der Waals surface area contributed by atoms with E-state index in [0.29, 0.717) is 6.61 Å². The molecule has 0 saturated heterocycles. The molecule has 0 aliphatic carbocycles. The van der Waals surface area contributed by atoms with Crippen LogP contribution in [-0.4, -0.2) is 19.2 Å². The maximum absolute atomic E-state index is 12.3. The number of fused-ring (bicyclic) bond motifs is 1. The lowest BCUT2D eigenvalue weighted by Gasteiger charge is -2.18. The number of carbonyl (C=O) groups is 1. The van der Waals surface area contributed by atoms with E-state index in [-0.39, 0.29) is 18.4 Å². The standard InChI is InChI=1S/C19H23N3O2.ClH/c1-3-24-17-7-4-13(2)18(11-17)22-19(23)21-16-6-5-15-12-20-9-8-14(15)10-16;/h4-7,10-11,20H,3,8-9,12H2,1-2H3,(H2,21,22,23);1H. The number of hydrogen-bond acceptors (Lipinski definition) is 3. The maximum Gasteiger partial charge on any atom is 0.323 e. The van der Waals surface area contributed by atoms with Gasteiger partial charge in [-0.25, -0.2) is 4.79 Å². The zero-order valence-corrected chi connectivity index (χ0v) is 15.3. The summed E-state index contributed by atoms with van der Waals surface area (Å²) in [5, 5.41) is 9.15. The molecule has 0 fully saturated rings. The molecule has 6 heteroatoms. The van der Waals surface area contributed by atoms with Crippen LogP contribution in [-0.2, 0) is 13.0 Å². The largest absolute Gasteiger partial charge is 0.494 e. The van der Waals surface area contributed by atoms with Gasteiger partial charge in [-0.3, -0.25) is 0 Å². The van der Waals surface area contributed by atoms with Crippen LogP contribution in [0.1, 0.15) is 23.6 Å². The first-order chi connectivity index (χ1) is 11.7. The van der Waals surface area contributed by atoms with Crippen LogP contribution in [0.25, 0.3) is 0 Å². The normalized spacial score (nSPS) is 12.6. The molecule has 0 bridgehead atoms. The van der Waals surface area contributed by atoms with Crippen molar-refractivity contribution in [3.05, 3.63) is 53.1 Å². The Bertz CT molecular complexity index is 749. The van der Waals surface area contributed by atoms with E-state index in [1.807, 2.05) is 38.1 Å². The van der Waals surface area contributed by atoms with Gasteiger partial charge in [0, 0.05) is 24.0 Å². The zero-order chi connectivity index (χ0) is 16.9. The average Bonchev–Trinajstić information content (AvgIpc) is 2.58. The molecule has 1 aliphatic heterocycles. The third-order valence-corrected chi connectivity index (χ3v) is 4.12. The highest BCUT2D eigenvalue weighted by molar-refractivity contribution is 6.00. The van der Waals surface area contributed by atoms with Crippen molar-refractivity contribution in [2.75, 3.05) is 23.8 Å². The SMILES string of the molecule is CCOc1ccc(C)c(NC(=O)Nc2ccc3c(c2)CCNC3)c1.Cl. The highest BCUT2D eigenvalue weighted by Gasteiger charge is 2.11. The van der Waals surface area contributed by atoms with Crippen molar-refractivity contribution in [1.29, 1.82) is 0 Å². The number of benzene rings is 2. The van der Waals surface area contributed by atoms with Crippen molar-refractivity contribution in [3.63, 3.8) is 0 Å². The Morgan fingerprint density at radius 1 is 1.16 bits per heavy atom. The number of halogens is 1. The van der Waals surface area contributed by atoms with Crippen LogP contribution in [0.2, 0.25) is 0 Å². The smallest absolute Gasteiger partial charge is 0.323 e. The highest BCUT2D eigenvalue weighted by Crippen LogP contribution is 2.23. The fourth-order valence-electron chi connectivity index (χ4n) is 2.83. The molecule has 134 valence electrons. The Labute approximate surface area is 154 Å². The summed E-state index contributed by atoms with van der Waals surface area (Å²) in [5.41, 5.74) is 5.14. The number of anilines is 2. The lowest BCUT2D eigenvalue weighted by Crippen LogP contribution is -2.24. The van der Waals surface area contributed by atoms with E-state index in [9.17, 15) is 4.79 Å². The molecule has 1 aliphatic rings. The Balaban J connectivity index is 0.00000225. The summed E-state index contributed by atoms with van der Waals surface area (Å²) >= 11 is 0. The van der Waals surface area contributed by atoms with Crippen molar-refractivity contribution < 1.29 is 9.53 Å². The minimum Gasteiger partial charge on any atom is -0.494 e. The molecule has 0 atom stereocenters. The third-order valence-electron chi connectivity index (χ3n) is 4.12. The van der Waals surface area contributed by atoms with E-state index in [0.717, 1.165) is 42.2 Å². The Morgan fingerprint density at radius 2 is 2.00 bits per heavy atom. The number of rotatable bonds is 4. The van der Waals surface area contributed by atoms with E-state index in [2.05, 4.69) is 28.1 Å². The van der Waals surface area contributed by atoms with Crippen LogP contribution in [0.15, 0.2) is 36.4 Å². The van der Waals surface area contributed by atoms with Crippen molar-refractivity contribution in [3.8, 4) is 5.75 Å². The number of ether oxygens (including phenoxy) is 1. The molecular formula is C19H24ClN3O2. The molecule has 25 heavy (non-hydrogen) atoms. The first kappa shape index (κ1) is 19.1.